The predicted molar refractivity (Wildman–Crippen MR) is 90.7 cm³/mol. The number of allylic oxidation sites excluding steroid dienone is 1. The average molecular weight is 358 g/mol. The SMILES string of the molecule is CCOc1cc(/C=C/C#N)ccc1OCc1ccc(Br)cc1. The van der Waals surface area contributed by atoms with E-state index in [1.54, 1.807) is 6.08 Å². The van der Waals surface area contributed by atoms with Crippen LogP contribution < -0.4 is 9.47 Å². The Morgan fingerprint density at radius 2 is 1.86 bits per heavy atom. The fourth-order valence-corrected chi connectivity index (χ4v) is 2.16. The van der Waals surface area contributed by atoms with Crippen LogP contribution >= 0.6 is 15.9 Å². The molecule has 0 heterocycles. The number of halogens is 1. The first-order valence-corrected chi connectivity index (χ1v) is 7.72. The minimum atomic E-state index is 0.473. The molecule has 2 aromatic rings. The smallest absolute Gasteiger partial charge is 0.161 e. The predicted octanol–water partition coefficient (Wildman–Crippen LogP) is 4.96. The molecule has 0 radical (unpaired) electrons. The number of rotatable bonds is 6. The molecule has 0 aliphatic carbocycles. The van der Waals surface area contributed by atoms with Gasteiger partial charge in [0.15, 0.2) is 11.5 Å². The van der Waals surface area contributed by atoms with Crippen molar-refractivity contribution in [2.24, 2.45) is 0 Å². The maximum atomic E-state index is 8.59. The normalized spacial score (nSPS) is 10.4. The number of hydrogen-bond acceptors (Lipinski definition) is 3. The van der Waals surface area contributed by atoms with E-state index in [4.69, 9.17) is 14.7 Å². The van der Waals surface area contributed by atoms with Gasteiger partial charge in [-0.05, 0) is 48.4 Å². The number of hydrogen-bond donors (Lipinski definition) is 0. The fourth-order valence-electron chi connectivity index (χ4n) is 1.89. The maximum absolute atomic E-state index is 8.59. The highest BCUT2D eigenvalue weighted by atomic mass is 79.9. The van der Waals surface area contributed by atoms with Crippen molar-refractivity contribution in [3.05, 3.63) is 64.1 Å². The molecule has 0 N–H and O–H groups in total. The van der Waals surface area contributed by atoms with Crippen LogP contribution in [0, 0.1) is 11.3 Å². The summed E-state index contributed by atoms with van der Waals surface area (Å²) in [6, 6.07) is 15.6. The summed E-state index contributed by atoms with van der Waals surface area (Å²) in [5.74, 6) is 1.37. The number of ether oxygens (including phenoxy) is 2. The zero-order valence-corrected chi connectivity index (χ0v) is 13.8. The molecule has 0 spiro atoms. The molecule has 2 aromatic carbocycles. The second-order valence-electron chi connectivity index (χ2n) is 4.52. The van der Waals surface area contributed by atoms with Gasteiger partial charge in [-0.3, -0.25) is 0 Å². The van der Waals surface area contributed by atoms with E-state index in [0.29, 0.717) is 24.7 Å². The molecule has 0 saturated carbocycles. The molecule has 112 valence electrons. The minimum absolute atomic E-state index is 0.473. The molecule has 0 aromatic heterocycles. The molecule has 0 fully saturated rings. The summed E-state index contributed by atoms with van der Waals surface area (Å²) >= 11 is 3.41. The lowest BCUT2D eigenvalue weighted by Crippen LogP contribution is -1.99. The topological polar surface area (TPSA) is 42.2 Å². The summed E-state index contributed by atoms with van der Waals surface area (Å²) in [7, 11) is 0. The molecule has 0 aliphatic rings. The minimum Gasteiger partial charge on any atom is -0.490 e. The highest BCUT2D eigenvalue weighted by Crippen LogP contribution is 2.29. The molecular formula is C18H16BrNO2. The highest BCUT2D eigenvalue weighted by Gasteiger charge is 2.06. The van der Waals surface area contributed by atoms with E-state index in [0.717, 1.165) is 15.6 Å². The Morgan fingerprint density at radius 3 is 2.55 bits per heavy atom. The standard InChI is InChI=1S/C18H16BrNO2/c1-2-21-18-12-14(4-3-11-20)7-10-17(18)22-13-15-5-8-16(19)9-6-15/h3-10,12H,2,13H2,1H3/b4-3+. The van der Waals surface area contributed by atoms with Gasteiger partial charge in [0.2, 0.25) is 0 Å². The van der Waals surface area contributed by atoms with Crippen LogP contribution in [0.4, 0.5) is 0 Å². The average Bonchev–Trinajstić information content (AvgIpc) is 2.54. The Hall–Kier alpha value is -2.25. The van der Waals surface area contributed by atoms with Gasteiger partial charge in [-0.1, -0.05) is 34.1 Å². The van der Waals surface area contributed by atoms with Crippen LogP contribution in [-0.2, 0) is 6.61 Å². The molecular weight excluding hydrogens is 342 g/mol. The van der Waals surface area contributed by atoms with E-state index < -0.39 is 0 Å². The van der Waals surface area contributed by atoms with Crippen LogP contribution in [0.1, 0.15) is 18.1 Å². The van der Waals surface area contributed by atoms with Crippen LogP contribution in [0.25, 0.3) is 6.08 Å². The molecule has 0 saturated heterocycles. The molecule has 0 unspecified atom stereocenters. The molecule has 2 rings (SSSR count). The van der Waals surface area contributed by atoms with Gasteiger partial charge in [-0.2, -0.15) is 5.26 Å². The van der Waals surface area contributed by atoms with Crippen LogP contribution in [0.5, 0.6) is 11.5 Å². The molecule has 4 heteroatoms. The van der Waals surface area contributed by atoms with Gasteiger partial charge >= 0.3 is 0 Å². The summed E-state index contributed by atoms with van der Waals surface area (Å²) in [6.45, 7) is 2.96. The highest BCUT2D eigenvalue weighted by molar-refractivity contribution is 9.10. The van der Waals surface area contributed by atoms with Crippen LogP contribution in [0.15, 0.2) is 53.0 Å². The van der Waals surface area contributed by atoms with Crippen molar-refractivity contribution in [1.29, 1.82) is 5.26 Å². The van der Waals surface area contributed by atoms with Gasteiger partial charge in [-0.25, -0.2) is 0 Å². The quantitative estimate of drug-likeness (QED) is 0.685. The van der Waals surface area contributed by atoms with Crippen molar-refractivity contribution in [3.8, 4) is 17.6 Å². The van der Waals surface area contributed by atoms with Crippen molar-refractivity contribution in [2.45, 2.75) is 13.5 Å². The van der Waals surface area contributed by atoms with E-state index in [-0.39, 0.29) is 0 Å². The van der Waals surface area contributed by atoms with Crippen LogP contribution in [0.3, 0.4) is 0 Å². The third-order valence-corrected chi connectivity index (χ3v) is 3.45. The molecule has 22 heavy (non-hydrogen) atoms. The van der Waals surface area contributed by atoms with E-state index in [1.807, 2.05) is 55.5 Å². The van der Waals surface area contributed by atoms with Crippen molar-refractivity contribution in [3.63, 3.8) is 0 Å². The first-order chi connectivity index (χ1) is 10.7. The van der Waals surface area contributed by atoms with Gasteiger partial charge < -0.3 is 9.47 Å². The molecule has 0 atom stereocenters. The number of nitriles is 1. The third-order valence-electron chi connectivity index (χ3n) is 2.93. The second-order valence-corrected chi connectivity index (χ2v) is 5.43. The lowest BCUT2D eigenvalue weighted by Gasteiger charge is -2.12. The lowest BCUT2D eigenvalue weighted by atomic mass is 10.2. The Bertz CT molecular complexity index is 687. The first-order valence-electron chi connectivity index (χ1n) is 6.93. The first kappa shape index (κ1) is 16.1. The summed E-state index contributed by atoms with van der Waals surface area (Å²) in [4.78, 5) is 0. The van der Waals surface area contributed by atoms with Crippen molar-refractivity contribution in [1.82, 2.24) is 0 Å². The summed E-state index contributed by atoms with van der Waals surface area (Å²) in [5.41, 5.74) is 1.99. The Labute approximate surface area is 138 Å². The molecule has 3 nitrogen and oxygen atoms in total. The lowest BCUT2D eigenvalue weighted by molar-refractivity contribution is 0.269. The van der Waals surface area contributed by atoms with E-state index in [1.165, 1.54) is 6.08 Å². The van der Waals surface area contributed by atoms with Crippen molar-refractivity contribution >= 4 is 22.0 Å². The molecule has 0 aliphatic heterocycles. The van der Waals surface area contributed by atoms with E-state index >= 15 is 0 Å². The van der Waals surface area contributed by atoms with Gasteiger partial charge in [0.1, 0.15) is 6.61 Å². The summed E-state index contributed by atoms with van der Waals surface area (Å²) in [5, 5.41) is 8.59. The monoisotopic (exact) mass is 357 g/mol. The van der Waals surface area contributed by atoms with Gasteiger partial charge in [0.25, 0.3) is 0 Å². The van der Waals surface area contributed by atoms with E-state index in [9.17, 15) is 0 Å². The van der Waals surface area contributed by atoms with Gasteiger partial charge in [-0.15, -0.1) is 0 Å². The molecule has 0 amide bonds. The second kappa shape index (κ2) is 8.26. The van der Waals surface area contributed by atoms with Gasteiger partial charge in [0.05, 0.1) is 12.7 Å². The van der Waals surface area contributed by atoms with Crippen LogP contribution in [-0.4, -0.2) is 6.61 Å². The fraction of sp³-hybridized carbons (Fsp3) is 0.167. The Balaban J connectivity index is 2.13. The maximum Gasteiger partial charge on any atom is 0.161 e. The largest absolute Gasteiger partial charge is 0.490 e. The zero-order valence-electron chi connectivity index (χ0n) is 12.3. The molecule has 0 bridgehead atoms. The zero-order chi connectivity index (χ0) is 15.8. The number of benzene rings is 2. The van der Waals surface area contributed by atoms with Crippen molar-refractivity contribution < 1.29 is 9.47 Å². The number of nitrogens with zero attached hydrogens (tertiary/aromatic N) is 1. The Kier molecular flexibility index (Phi) is 6.05. The summed E-state index contributed by atoms with van der Waals surface area (Å²) in [6.07, 6.45) is 3.18. The third kappa shape index (κ3) is 4.64. The van der Waals surface area contributed by atoms with E-state index in [2.05, 4.69) is 15.9 Å². The van der Waals surface area contributed by atoms with Crippen molar-refractivity contribution in [2.75, 3.05) is 6.61 Å². The van der Waals surface area contributed by atoms with Crippen LogP contribution in [0.2, 0.25) is 0 Å². The Morgan fingerprint density at radius 1 is 1.09 bits per heavy atom. The summed E-state index contributed by atoms with van der Waals surface area (Å²) < 4.78 is 12.5. The van der Waals surface area contributed by atoms with Gasteiger partial charge in [0, 0.05) is 10.5 Å².